The van der Waals surface area contributed by atoms with Crippen molar-refractivity contribution in [1.29, 1.82) is 0 Å². The molecule has 0 spiro atoms. The molecule has 1 aliphatic rings. The SMILES string of the molecule is CCCc1cc(-c2ccc(C(=O)NCc3cc(C4CC4)on3)cc2)nc(C)n1. The van der Waals surface area contributed by atoms with Crippen LogP contribution in [0.5, 0.6) is 0 Å². The summed E-state index contributed by atoms with van der Waals surface area (Å²) in [6, 6.07) is 11.4. The Bertz CT molecular complexity index is 974. The van der Waals surface area contributed by atoms with Crippen molar-refractivity contribution >= 4 is 5.91 Å². The van der Waals surface area contributed by atoms with E-state index in [0.717, 1.165) is 47.1 Å². The van der Waals surface area contributed by atoms with E-state index in [1.807, 2.05) is 43.3 Å². The van der Waals surface area contributed by atoms with Crippen LogP contribution in [0, 0.1) is 6.92 Å². The fourth-order valence-electron chi connectivity index (χ4n) is 3.20. The molecule has 1 fully saturated rings. The highest BCUT2D eigenvalue weighted by Gasteiger charge is 2.27. The van der Waals surface area contributed by atoms with Crippen LogP contribution in [-0.2, 0) is 13.0 Å². The quantitative estimate of drug-likeness (QED) is 0.668. The molecule has 1 aliphatic carbocycles. The Morgan fingerprint density at radius 2 is 1.93 bits per heavy atom. The summed E-state index contributed by atoms with van der Waals surface area (Å²) in [4.78, 5) is 21.4. The van der Waals surface area contributed by atoms with Gasteiger partial charge in [0.1, 0.15) is 17.3 Å². The monoisotopic (exact) mass is 376 g/mol. The number of aryl methyl sites for hydroxylation is 2. The molecule has 1 aromatic carbocycles. The fraction of sp³-hybridized carbons (Fsp3) is 0.364. The van der Waals surface area contributed by atoms with Gasteiger partial charge in [0.2, 0.25) is 0 Å². The summed E-state index contributed by atoms with van der Waals surface area (Å²) in [5.74, 6) is 2.08. The Hall–Kier alpha value is -3.02. The summed E-state index contributed by atoms with van der Waals surface area (Å²) in [6.45, 7) is 4.40. The molecule has 144 valence electrons. The number of carbonyl (C=O) groups excluding carboxylic acids is 1. The van der Waals surface area contributed by atoms with E-state index in [0.29, 0.717) is 18.0 Å². The zero-order valence-electron chi connectivity index (χ0n) is 16.2. The summed E-state index contributed by atoms with van der Waals surface area (Å²) < 4.78 is 5.31. The van der Waals surface area contributed by atoms with Crippen LogP contribution in [0.2, 0.25) is 0 Å². The summed E-state index contributed by atoms with van der Waals surface area (Å²) in [5, 5.41) is 6.92. The van der Waals surface area contributed by atoms with Gasteiger partial charge in [0.05, 0.1) is 12.2 Å². The molecular formula is C22H24N4O2. The number of carbonyl (C=O) groups is 1. The fourth-order valence-corrected chi connectivity index (χ4v) is 3.20. The zero-order chi connectivity index (χ0) is 19.5. The maximum Gasteiger partial charge on any atom is 0.251 e. The molecule has 2 aromatic heterocycles. The Balaban J connectivity index is 1.41. The van der Waals surface area contributed by atoms with Crippen molar-refractivity contribution < 1.29 is 9.32 Å². The first-order chi connectivity index (χ1) is 13.6. The molecule has 1 N–H and O–H groups in total. The number of amides is 1. The van der Waals surface area contributed by atoms with Gasteiger partial charge < -0.3 is 9.84 Å². The van der Waals surface area contributed by atoms with Gasteiger partial charge in [-0.3, -0.25) is 4.79 Å². The first kappa shape index (κ1) is 18.3. The molecule has 1 amide bonds. The minimum atomic E-state index is -0.131. The van der Waals surface area contributed by atoms with Crippen LogP contribution in [0.15, 0.2) is 40.9 Å². The number of hydrogen-bond acceptors (Lipinski definition) is 5. The van der Waals surface area contributed by atoms with Gasteiger partial charge in [0, 0.05) is 28.8 Å². The van der Waals surface area contributed by atoms with Gasteiger partial charge in [-0.05, 0) is 44.4 Å². The molecule has 0 saturated heterocycles. The zero-order valence-corrected chi connectivity index (χ0v) is 16.2. The van der Waals surface area contributed by atoms with Crippen molar-refractivity contribution in [3.63, 3.8) is 0 Å². The largest absolute Gasteiger partial charge is 0.361 e. The van der Waals surface area contributed by atoms with Gasteiger partial charge in [-0.25, -0.2) is 9.97 Å². The highest BCUT2D eigenvalue weighted by Crippen LogP contribution is 2.40. The topological polar surface area (TPSA) is 80.9 Å². The number of hydrogen-bond donors (Lipinski definition) is 1. The molecule has 2 heterocycles. The van der Waals surface area contributed by atoms with E-state index >= 15 is 0 Å². The lowest BCUT2D eigenvalue weighted by atomic mass is 10.1. The second-order valence-electron chi connectivity index (χ2n) is 7.30. The minimum Gasteiger partial charge on any atom is -0.361 e. The van der Waals surface area contributed by atoms with Gasteiger partial charge >= 0.3 is 0 Å². The molecule has 6 heteroatoms. The molecule has 1 saturated carbocycles. The molecule has 0 atom stereocenters. The third-order valence-electron chi connectivity index (χ3n) is 4.83. The van der Waals surface area contributed by atoms with Gasteiger partial charge in [-0.1, -0.05) is 30.6 Å². The first-order valence-electron chi connectivity index (χ1n) is 9.81. The third kappa shape index (κ3) is 4.27. The van der Waals surface area contributed by atoms with Crippen LogP contribution in [0.3, 0.4) is 0 Å². The van der Waals surface area contributed by atoms with Crippen LogP contribution in [0.4, 0.5) is 0 Å². The lowest BCUT2D eigenvalue weighted by Gasteiger charge is -2.07. The number of rotatable bonds is 7. The Morgan fingerprint density at radius 3 is 2.64 bits per heavy atom. The molecule has 28 heavy (non-hydrogen) atoms. The van der Waals surface area contributed by atoms with Gasteiger partial charge in [-0.2, -0.15) is 0 Å². The number of benzene rings is 1. The summed E-state index contributed by atoms with van der Waals surface area (Å²) >= 11 is 0. The standard InChI is InChI=1S/C22H24N4O2/c1-3-4-18-11-20(25-14(2)24-18)15-5-9-17(10-6-15)22(27)23-13-19-12-21(28-26-19)16-7-8-16/h5-6,9-12,16H,3-4,7-8,13H2,1-2H3,(H,23,27). The summed E-state index contributed by atoms with van der Waals surface area (Å²) in [6.07, 6.45) is 4.31. The summed E-state index contributed by atoms with van der Waals surface area (Å²) in [7, 11) is 0. The lowest BCUT2D eigenvalue weighted by Crippen LogP contribution is -2.22. The van der Waals surface area contributed by atoms with Gasteiger partial charge in [-0.15, -0.1) is 0 Å². The first-order valence-corrected chi connectivity index (χ1v) is 9.81. The van der Waals surface area contributed by atoms with Crippen LogP contribution >= 0.6 is 0 Å². The second-order valence-corrected chi connectivity index (χ2v) is 7.30. The van der Waals surface area contributed by atoms with Crippen molar-refractivity contribution in [1.82, 2.24) is 20.4 Å². The van der Waals surface area contributed by atoms with Crippen LogP contribution < -0.4 is 5.32 Å². The highest BCUT2D eigenvalue weighted by atomic mass is 16.5. The van der Waals surface area contributed by atoms with Crippen molar-refractivity contribution in [3.05, 3.63) is 64.9 Å². The van der Waals surface area contributed by atoms with E-state index in [4.69, 9.17) is 4.52 Å². The molecular weight excluding hydrogens is 352 g/mol. The van der Waals surface area contributed by atoms with E-state index in [2.05, 4.69) is 27.4 Å². The second kappa shape index (κ2) is 7.92. The molecule has 0 radical (unpaired) electrons. The van der Waals surface area contributed by atoms with E-state index in [1.165, 1.54) is 12.8 Å². The third-order valence-corrected chi connectivity index (χ3v) is 4.83. The predicted octanol–water partition coefficient (Wildman–Crippen LogP) is 4.20. The molecule has 0 unspecified atom stereocenters. The smallest absolute Gasteiger partial charge is 0.251 e. The van der Waals surface area contributed by atoms with Crippen molar-refractivity contribution in [2.45, 2.75) is 52.0 Å². The van der Waals surface area contributed by atoms with Crippen LogP contribution in [0.1, 0.15) is 65.4 Å². The Labute approximate surface area is 164 Å². The van der Waals surface area contributed by atoms with Crippen molar-refractivity contribution in [2.24, 2.45) is 0 Å². The molecule has 3 aromatic rings. The van der Waals surface area contributed by atoms with Gasteiger partial charge in [0.15, 0.2) is 0 Å². The van der Waals surface area contributed by atoms with E-state index in [-0.39, 0.29) is 5.91 Å². The molecule has 4 rings (SSSR count). The molecule has 6 nitrogen and oxygen atoms in total. The normalized spacial score (nSPS) is 13.5. The Kier molecular flexibility index (Phi) is 5.19. The highest BCUT2D eigenvalue weighted by molar-refractivity contribution is 5.94. The number of aromatic nitrogens is 3. The lowest BCUT2D eigenvalue weighted by molar-refractivity contribution is 0.0950. The average molecular weight is 376 g/mol. The molecule has 0 aliphatic heterocycles. The van der Waals surface area contributed by atoms with E-state index < -0.39 is 0 Å². The summed E-state index contributed by atoms with van der Waals surface area (Å²) in [5.41, 5.74) is 4.27. The maximum absolute atomic E-state index is 12.4. The maximum atomic E-state index is 12.4. The molecule has 0 bridgehead atoms. The van der Waals surface area contributed by atoms with E-state index in [1.54, 1.807) is 0 Å². The van der Waals surface area contributed by atoms with E-state index in [9.17, 15) is 4.79 Å². The van der Waals surface area contributed by atoms with Crippen LogP contribution in [0.25, 0.3) is 11.3 Å². The minimum absolute atomic E-state index is 0.131. The average Bonchev–Trinajstić information content (AvgIpc) is 3.44. The predicted molar refractivity (Wildman–Crippen MR) is 106 cm³/mol. The number of nitrogens with zero attached hydrogens (tertiary/aromatic N) is 3. The number of nitrogens with one attached hydrogen (secondary N) is 1. The van der Waals surface area contributed by atoms with Crippen LogP contribution in [-0.4, -0.2) is 21.0 Å². The van der Waals surface area contributed by atoms with Gasteiger partial charge in [0.25, 0.3) is 5.91 Å². The van der Waals surface area contributed by atoms with Crippen molar-refractivity contribution in [2.75, 3.05) is 0 Å². The Morgan fingerprint density at radius 1 is 1.14 bits per heavy atom. The van der Waals surface area contributed by atoms with Crippen molar-refractivity contribution in [3.8, 4) is 11.3 Å².